The SMILES string of the molecule is CSC[C@@H](O)Cn1[nH]c(=O)c(Cl)c(Cl)c1=O. The van der Waals surface area contributed by atoms with Crippen molar-refractivity contribution < 1.29 is 5.11 Å². The lowest BCUT2D eigenvalue weighted by Crippen LogP contribution is -2.34. The molecule has 0 bridgehead atoms. The van der Waals surface area contributed by atoms with Crippen LogP contribution in [0.4, 0.5) is 0 Å². The molecule has 0 saturated heterocycles. The lowest BCUT2D eigenvalue weighted by molar-refractivity contribution is 0.170. The molecule has 1 atom stereocenters. The molecule has 0 radical (unpaired) electrons. The maximum Gasteiger partial charge on any atom is 0.285 e. The Hall–Kier alpha value is -0.430. The summed E-state index contributed by atoms with van der Waals surface area (Å²) in [5, 5.41) is 11.1. The first-order valence-corrected chi connectivity index (χ1v) is 6.47. The maximum atomic E-state index is 11.5. The highest BCUT2D eigenvalue weighted by Crippen LogP contribution is 2.10. The first-order chi connectivity index (χ1) is 7.47. The number of nitrogens with zero attached hydrogens (tertiary/aromatic N) is 1. The maximum absolute atomic E-state index is 11.5. The molecule has 0 saturated carbocycles. The molecule has 0 spiro atoms. The Morgan fingerprint density at radius 3 is 2.62 bits per heavy atom. The second kappa shape index (κ2) is 5.77. The standard InChI is InChI=1S/C8H10Cl2N2O3S/c1-16-3-4(13)2-12-8(15)6(10)5(9)7(14)11-12/h4,13H,2-3H2,1H3,(H,11,14)/t4-/m0/s1. The third-order valence-electron chi connectivity index (χ3n) is 1.81. The Morgan fingerprint density at radius 1 is 1.44 bits per heavy atom. The van der Waals surface area contributed by atoms with E-state index in [0.717, 1.165) is 4.68 Å². The summed E-state index contributed by atoms with van der Waals surface area (Å²) in [6, 6.07) is 0. The molecule has 0 unspecified atom stereocenters. The number of H-pyrrole nitrogens is 1. The molecule has 16 heavy (non-hydrogen) atoms. The van der Waals surface area contributed by atoms with E-state index in [0.29, 0.717) is 5.75 Å². The molecule has 0 aliphatic rings. The van der Waals surface area contributed by atoms with Gasteiger partial charge in [-0.2, -0.15) is 11.8 Å². The zero-order valence-electron chi connectivity index (χ0n) is 8.37. The highest BCUT2D eigenvalue weighted by atomic mass is 35.5. The number of halogens is 2. The van der Waals surface area contributed by atoms with E-state index >= 15 is 0 Å². The number of aromatic amines is 1. The van der Waals surface area contributed by atoms with E-state index in [1.54, 1.807) is 0 Å². The van der Waals surface area contributed by atoms with Gasteiger partial charge in [0.05, 0.1) is 12.6 Å². The Bertz CT molecular complexity index is 485. The zero-order valence-corrected chi connectivity index (χ0v) is 10.7. The van der Waals surface area contributed by atoms with Crippen molar-refractivity contribution in [2.24, 2.45) is 0 Å². The van der Waals surface area contributed by atoms with Gasteiger partial charge in [0, 0.05) is 5.75 Å². The minimum Gasteiger partial charge on any atom is -0.390 e. The first-order valence-electron chi connectivity index (χ1n) is 4.32. The van der Waals surface area contributed by atoms with E-state index in [4.69, 9.17) is 23.2 Å². The van der Waals surface area contributed by atoms with Crippen molar-refractivity contribution in [3.8, 4) is 0 Å². The number of rotatable bonds is 4. The van der Waals surface area contributed by atoms with Crippen LogP contribution in [0.2, 0.25) is 10.0 Å². The molecule has 90 valence electrons. The van der Waals surface area contributed by atoms with Crippen molar-refractivity contribution in [2.75, 3.05) is 12.0 Å². The predicted molar refractivity (Wildman–Crippen MR) is 65.7 cm³/mol. The summed E-state index contributed by atoms with van der Waals surface area (Å²) < 4.78 is 0.956. The van der Waals surface area contributed by atoms with Gasteiger partial charge in [-0.3, -0.25) is 14.7 Å². The third kappa shape index (κ3) is 3.04. The van der Waals surface area contributed by atoms with E-state index in [1.165, 1.54) is 11.8 Å². The van der Waals surface area contributed by atoms with Crippen LogP contribution in [0.15, 0.2) is 9.59 Å². The fourth-order valence-corrected chi connectivity index (χ4v) is 1.92. The van der Waals surface area contributed by atoms with Crippen molar-refractivity contribution in [3.63, 3.8) is 0 Å². The van der Waals surface area contributed by atoms with E-state index in [1.807, 2.05) is 6.26 Å². The summed E-state index contributed by atoms with van der Waals surface area (Å²) in [6.45, 7) is -0.0220. The number of hydrogen-bond donors (Lipinski definition) is 2. The van der Waals surface area contributed by atoms with Gasteiger partial charge < -0.3 is 5.11 Å². The van der Waals surface area contributed by atoms with Crippen LogP contribution < -0.4 is 11.1 Å². The Balaban J connectivity index is 3.07. The number of hydrogen-bond acceptors (Lipinski definition) is 4. The fraction of sp³-hybridized carbons (Fsp3) is 0.500. The summed E-state index contributed by atoms with van der Waals surface area (Å²) in [5.74, 6) is 0.453. The lowest BCUT2D eigenvalue weighted by atomic mass is 10.4. The second-order valence-corrected chi connectivity index (χ2v) is 4.76. The molecular weight excluding hydrogens is 275 g/mol. The normalized spacial score (nSPS) is 12.8. The van der Waals surface area contributed by atoms with Crippen molar-refractivity contribution in [1.82, 2.24) is 9.78 Å². The van der Waals surface area contributed by atoms with E-state index in [-0.39, 0.29) is 16.6 Å². The summed E-state index contributed by atoms with van der Waals surface area (Å²) in [5.41, 5.74) is -1.27. The van der Waals surface area contributed by atoms with Crippen LogP contribution in [-0.4, -0.2) is 33.0 Å². The van der Waals surface area contributed by atoms with E-state index in [9.17, 15) is 14.7 Å². The summed E-state index contributed by atoms with van der Waals surface area (Å²) in [6.07, 6.45) is 1.09. The summed E-state index contributed by atoms with van der Waals surface area (Å²) in [4.78, 5) is 22.8. The quantitative estimate of drug-likeness (QED) is 0.848. The molecule has 1 aromatic heterocycles. The number of aliphatic hydroxyl groups excluding tert-OH is 1. The van der Waals surface area contributed by atoms with Crippen molar-refractivity contribution in [1.29, 1.82) is 0 Å². The molecule has 1 rings (SSSR count). The minimum absolute atomic E-state index is 0.0220. The van der Waals surface area contributed by atoms with Gasteiger partial charge in [-0.15, -0.1) is 0 Å². The molecule has 1 aromatic rings. The Kier molecular flexibility index (Phi) is 4.91. The highest BCUT2D eigenvalue weighted by molar-refractivity contribution is 7.98. The summed E-state index contributed by atoms with van der Waals surface area (Å²) in [7, 11) is 0. The van der Waals surface area contributed by atoms with Gasteiger partial charge in [-0.1, -0.05) is 23.2 Å². The number of nitrogens with one attached hydrogen (secondary N) is 1. The van der Waals surface area contributed by atoms with Crippen LogP contribution in [0.1, 0.15) is 0 Å². The fourth-order valence-electron chi connectivity index (χ4n) is 1.12. The molecular formula is C8H10Cl2N2O3S. The number of aromatic nitrogens is 2. The van der Waals surface area contributed by atoms with Crippen molar-refractivity contribution in [2.45, 2.75) is 12.6 Å². The molecule has 1 heterocycles. The largest absolute Gasteiger partial charge is 0.390 e. The molecule has 0 fully saturated rings. The molecule has 8 heteroatoms. The van der Waals surface area contributed by atoms with Crippen LogP contribution >= 0.6 is 35.0 Å². The minimum atomic E-state index is -0.736. The first kappa shape index (κ1) is 13.6. The highest BCUT2D eigenvalue weighted by Gasteiger charge is 2.13. The number of aliphatic hydroxyl groups is 1. The monoisotopic (exact) mass is 284 g/mol. The average Bonchev–Trinajstić information content (AvgIpc) is 2.23. The number of thioether (sulfide) groups is 1. The lowest BCUT2D eigenvalue weighted by Gasteiger charge is -2.11. The zero-order chi connectivity index (χ0) is 12.3. The molecule has 5 nitrogen and oxygen atoms in total. The molecule has 2 N–H and O–H groups in total. The van der Waals surface area contributed by atoms with Gasteiger partial charge in [0.25, 0.3) is 11.1 Å². The van der Waals surface area contributed by atoms with Crippen molar-refractivity contribution >= 4 is 35.0 Å². The Labute approximate surface area is 105 Å². The van der Waals surface area contributed by atoms with E-state index < -0.39 is 17.2 Å². The van der Waals surface area contributed by atoms with Gasteiger partial charge in [-0.05, 0) is 6.26 Å². The van der Waals surface area contributed by atoms with Gasteiger partial charge >= 0.3 is 0 Å². The predicted octanol–water partition coefficient (Wildman–Crippen LogP) is 0.567. The smallest absolute Gasteiger partial charge is 0.285 e. The van der Waals surface area contributed by atoms with Crippen LogP contribution in [-0.2, 0) is 6.54 Å². The molecule has 0 aliphatic carbocycles. The summed E-state index contributed by atoms with van der Waals surface area (Å²) >= 11 is 12.5. The second-order valence-electron chi connectivity index (χ2n) is 3.09. The Morgan fingerprint density at radius 2 is 2.06 bits per heavy atom. The molecule has 0 aliphatic heterocycles. The van der Waals surface area contributed by atoms with Crippen LogP contribution in [0.5, 0.6) is 0 Å². The topological polar surface area (TPSA) is 75.1 Å². The third-order valence-corrected chi connectivity index (χ3v) is 3.34. The van der Waals surface area contributed by atoms with Crippen LogP contribution in [0.3, 0.4) is 0 Å². The van der Waals surface area contributed by atoms with Crippen LogP contribution in [0.25, 0.3) is 0 Å². The van der Waals surface area contributed by atoms with Gasteiger partial charge in [0.2, 0.25) is 0 Å². The van der Waals surface area contributed by atoms with E-state index in [2.05, 4.69) is 5.10 Å². The van der Waals surface area contributed by atoms with Gasteiger partial charge in [0.15, 0.2) is 0 Å². The average molecular weight is 285 g/mol. The van der Waals surface area contributed by atoms with Crippen molar-refractivity contribution in [3.05, 3.63) is 30.8 Å². The molecule has 0 amide bonds. The van der Waals surface area contributed by atoms with Gasteiger partial charge in [-0.25, -0.2) is 4.68 Å². The molecule has 0 aromatic carbocycles. The van der Waals surface area contributed by atoms with Gasteiger partial charge in [0.1, 0.15) is 10.0 Å². The van der Waals surface area contributed by atoms with Crippen LogP contribution in [0, 0.1) is 0 Å².